The van der Waals surface area contributed by atoms with Gasteiger partial charge in [-0.25, -0.2) is 4.39 Å². The lowest BCUT2D eigenvalue weighted by molar-refractivity contribution is 0.0251. The van der Waals surface area contributed by atoms with Crippen LogP contribution in [0.2, 0.25) is 5.02 Å². The summed E-state index contributed by atoms with van der Waals surface area (Å²) < 4.78 is 20.0. The largest absolute Gasteiger partial charge is 0.378 e. The molecule has 1 aliphatic carbocycles. The maximum absolute atomic E-state index is 13.7. The SMILES string of the molecule is CCCO[C@H]1CC[C@H](c2cc(F)c(I)c(Cl)c2)CC1. The summed E-state index contributed by atoms with van der Waals surface area (Å²) in [6.07, 6.45) is 5.71. The minimum absolute atomic E-state index is 0.201. The molecule has 0 spiro atoms. The highest BCUT2D eigenvalue weighted by Gasteiger charge is 2.23. The van der Waals surface area contributed by atoms with Crippen LogP contribution in [0.5, 0.6) is 0 Å². The van der Waals surface area contributed by atoms with Gasteiger partial charge in [-0.15, -0.1) is 0 Å². The Balaban J connectivity index is 1.98. The summed E-state index contributed by atoms with van der Waals surface area (Å²) in [5.74, 6) is 0.220. The normalized spacial score (nSPS) is 23.6. The number of halogens is 3. The monoisotopic (exact) mass is 396 g/mol. The molecule has 0 atom stereocenters. The van der Waals surface area contributed by atoms with Crippen LogP contribution in [-0.4, -0.2) is 12.7 Å². The van der Waals surface area contributed by atoms with Gasteiger partial charge in [-0.2, -0.15) is 0 Å². The van der Waals surface area contributed by atoms with Crippen LogP contribution in [0.25, 0.3) is 0 Å². The Labute approximate surface area is 133 Å². The zero-order valence-corrected chi connectivity index (χ0v) is 14.0. The van der Waals surface area contributed by atoms with Crippen molar-refractivity contribution in [1.29, 1.82) is 0 Å². The maximum atomic E-state index is 13.7. The van der Waals surface area contributed by atoms with Gasteiger partial charge in [0, 0.05) is 6.61 Å². The third kappa shape index (κ3) is 4.05. The summed E-state index contributed by atoms with van der Waals surface area (Å²) in [6.45, 7) is 2.97. The van der Waals surface area contributed by atoms with E-state index in [4.69, 9.17) is 16.3 Å². The Morgan fingerprint density at radius 2 is 2.00 bits per heavy atom. The lowest BCUT2D eigenvalue weighted by Gasteiger charge is -2.29. The fourth-order valence-electron chi connectivity index (χ4n) is 2.66. The molecule has 0 N–H and O–H groups in total. The van der Waals surface area contributed by atoms with Crippen molar-refractivity contribution < 1.29 is 9.13 Å². The van der Waals surface area contributed by atoms with Gasteiger partial charge in [-0.05, 0) is 78.3 Å². The second-order valence-electron chi connectivity index (χ2n) is 5.14. The van der Waals surface area contributed by atoms with E-state index in [2.05, 4.69) is 6.92 Å². The van der Waals surface area contributed by atoms with Crippen LogP contribution in [0, 0.1) is 9.39 Å². The molecule has 0 amide bonds. The molecule has 19 heavy (non-hydrogen) atoms. The first kappa shape index (κ1) is 15.5. The van der Waals surface area contributed by atoms with E-state index in [1.54, 1.807) is 6.07 Å². The van der Waals surface area contributed by atoms with E-state index in [9.17, 15) is 4.39 Å². The molecule has 1 aliphatic rings. The van der Waals surface area contributed by atoms with Crippen molar-refractivity contribution in [3.8, 4) is 0 Å². The number of ether oxygens (including phenoxy) is 1. The van der Waals surface area contributed by atoms with Crippen molar-refractivity contribution in [3.63, 3.8) is 0 Å². The Morgan fingerprint density at radius 3 is 2.58 bits per heavy atom. The van der Waals surface area contributed by atoms with Gasteiger partial charge in [0.15, 0.2) is 0 Å². The van der Waals surface area contributed by atoms with Crippen LogP contribution in [0.3, 0.4) is 0 Å². The highest BCUT2D eigenvalue weighted by molar-refractivity contribution is 14.1. The van der Waals surface area contributed by atoms with Crippen molar-refractivity contribution in [2.45, 2.75) is 51.0 Å². The first-order chi connectivity index (χ1) is 9.11. The van der Waals surface area contributed by atoms with E-state index in [1.807, 2.05) is 28.7 Å². The number of hydrogen-bond donors (Lipinski definition) is 0. The molecular formula is C15H19ClFIO. The zero-order valence-electron chi connectivity index (χ0n) is 11.1. The van der Waals surface area contributed by atoms with Gasteiger partial charge >= 0.3 is 0 Å². The first-order valence-corrected chi connectivity index (χ1v) is 8.33. The van der Waals surface area contributed by atoms with Crippen LogP contribution >= 0.6 is 34.2 Å². The van der Waals surface area contributed by atoms with Gasteiger partial charge in [-0.1, -0.05) is 18.5 Å². The van der Waals surface area contributed by atoms with E-state index >= 15 is 0 Å². The minimum Gasteiger partial charge on any atom is -0.378 e. The smallest absolute Gasteiger partial charge is 0.138 e. The van der Waals surface area contributed by atoms with E-state index in [-0.39, 0.29) is 5.82 Å². The molecule has 0 heterocycles. The zero-order chi connectivity index (χ0) is 13.8. The van der Waals surface area contributed by atoms with Crippen LogP contribution in [-0.2, 0) is 4.74 Å². The van der Waals surface area contributed by atoms with Crippen molar-refractivity contribution in [2.24, 2.45) is 0 Å². The topological polar surface area (TPSA) is 9.23 Å². The molecule has 4 heteroatoms. The molecule has 0 saturated heterocycles. The van der Waals surface area contributed by atoms with Crippen molar-refractivity contribution in [3.05, 3.63) is 32.1 Å². The molecule has 1 aromatic carbocycles. The highest BCUT2D eigenvalue weighted by Crippen LogP contribution is 2.36. The lowest BCUT2D eigenvalue weighted by Crippen LogP contribution is -2.21. The molecule has 1 nitrogen and oxygen atoms in total. The molecule has 1 saturated carbocycles. The van der Waals surface area contributed by atoms with Crippen LogP contribution in [0.4, 0.5) is 4.39 Å². The number of rotatable bonds is 4. The van der Waals surface area contributed by atoms with Crippen molar-refractivity contribution in [2.75, 3.05) is 6.61 Å². The van der Waals surface area contributed by atoms with E-state index in [1.165, 1.54) is 0 Å². The summed E-state index contributed by atoms with van der Waals surface area (Å²) in [4.78, 5) is 0. The Hall–Kier alpha value is 0.130. The van der Waals surface area contributed by atoms with Gasteiger partial charge in [0.25, 0.3) is 0 Å². The van der Waals surface area contributed by atoms with Crippen LogP contribution in [0.1, 0.15) is 50.5 Å². The van der Waals surface area contributed by atoms with Crippen molar-refractivity contribution in [1.82, 2.24) is 0 Å². The van der Waals surface area contributed by atoms with Crippen molar-refractivity contribution >= 4 is 34.2 Å². The predicted molar refractivity (Wildman–Crippen MR) is 85.4 cm³/mol. The standard InChI is InChI=1S/C15H19ClFIO/c1-2-7-19-12-5-3-10(4-6-12)11-8-13(16)15(18)14(17)9-11/h8-10,12H,2-7H2,1H3/t10-,12-. The second kappa shape index (κ2) is 7.23. The molecule has 0 unspecified atom stereocenters. The predicted octanol–water partition coefficient (Wildman–Crippen LogP) is 5.54. The molecule has 1 aromatic rings. The molecule has 1 fully saturated rings. The summed E-state index contributed by atoms with van der Waals surface area (Å²) in [5.41, 5.74) is 1.04. The Morgan fingerprint density at radius 1 is 1.32 bits per heavy atom. The van der Waals surface area contributed by atoms with Gasteiger partial charge in [0.2, 0.25) is 0 Å². The third-order valence-corrected chi connectivity index (χ3v) is 5.42. The van der Waals surface area contributed by atoms with Gasteiger partial charge in [0.05, 0.1) is 14.7 Å². The van der Waals surface area contributed by atoms with Gasteiger partial charge in [0.1, 0.15) is 5.82 Å². The minimum atomic E-state index is -0.201. The average Bonchev–Trinajstić information content (AvgIpc) is 2.42. The average molecular weight is 397 g/mol. The molecule has 0 bridgehead atoms. The van der Waals surface area contributed by atoms with Gasteiger partial charge in [-0.3, -0.25) is 0 Å². The quantitative estimate of drug-likeness (QED) is 0.480. The summed E-state index contributed by atoms with van der Waals surface area (Å²) in [7, 11) is 0. The molecular weight excluding hydrogens is 378 g/mol. The lowest BCUT2D eigenvalue weighted by atomic mass is 9.82. The van der Waals surface area contributed by atoms with Crippen LogP contribution < -0.4 is 0 Å². The summed E-state index contributed by atoms with van der Waals surface area (Å²) in [5, 5.41) is 0.528. The molecule has 2 rings (SSSR count). The van der Waals surface area contributed by atoms with Crippen LogP contribution in [0.15, 0.2) is 12.1 Å². The Bertz CT molecular complexity index is 407. The fourth-order valence-corrected chi connectivity index (χ4v) is 3.19. The first-order valence-electron chi connectivity index (χ1n) is 6.87. The van der Waals surface area contributed by atoms with E-state index in [0.29, 0.717) is 20.6 Å². The highest BCUT2D eigenvalue weighted by atomic mass is 127. The third-order valence-electron chi connectivity index (χ3n) is 3.71. The van der Waals surface area contributed by atoms with E-state index < -0.39 is 0 Å². The van der Waals surface area contributed by atoms with Gasteiger partial charge < -0.3 is 4.74 Å². The number of hydrogen-bond acceptors (Lipinski definition) is 1. The fraction of sp³-hybridized carbons (Fsp3) is 0.600. The molecule has 106 valence electrons. The second-order valence-corrected chi connectivity index (χ2v) is 6.63. The number of benzene rings is 1. The molecule has 0 aromatic heterocycles. The molecule has 0 radical (unpaired) electrons. The molecule has 0 aliphatic heterocycles. The summed E-state index contributed by atoms with van der Waals surface area (Å²) >= 11 is 8.01. The summed E-state index contributed by atoms with van der Waals surface area (Å²) in [6, 6.07) is 3.57. The maximum Gasteiger partial charge on any atom is 0.138 e. The Kier molecular flexibility index (Phi) is 5.90. The van der Waals surface area contributed by atoms with E-state index in [0.717, 1.165) is 44.3 Å².